The summed E-state index contributed by atoms with van der Waals surface area (Å²) in [4.78, 5) is 21.4. The number of benzene rings is 1. The van der Waals surface area contributed by atoms with Gasteiger partial charge in [-0.1, -0.05) is 12.1 Å². The molecule has 0 heterocycles. The van der Waals surface area contributed by atoms with E-state index in [1.807, 2.05) is 0 Å². The number of nitrogen functional groups attached to an aromatic ring is 1. The zero-order valence-corrected chi connectivity index (χ0v) is 9.30. The molecule has 0 radical (unpaired) electrons. The number of carbonyl (C=O) groups is 2. The Hall–Kier alpha value is -2.04. The van der Waals surface area contributed by atoms with Gasteiger partial charge >= 0.3 is 11.9 Å². The molecule has 1 aromatic rings. The molecule has 0 aliphatic carbocycles. The molecule has 0 fully saturated rings. The largest absolute Gasteiger partial charge is 0.481 e. The summed E-state index contributed by atoms with van der Waals surface area (Å²) in [6, 6.07) is 6.91. The van der Waals surface area contributed by atoms with E-state index < -0.39 is 17.9 Å². The van der Waals surface area contributed by atoms with Crippen molar-refractivity contribution in [2.75, 3.05) is 5.73 Å². The third-order valence-corrected chi connectivity index (χ3v) is 2.52. The number of hydrogen-bond acceptors (Lipinski definition) is 3. The smallest absolute Gasteiger partial charge is 0.306 e. The van der Waals surface area contributed by atoms with Crippen molar-refractivity contribution in [2.24, 2.45) is 5.92 Å². The van der Waals surface area contributed by atoms with Crippen molar-refractivity contribution in [1.82, 2.24) is 0 Å². The number of carboxylic acid groups (broad SMARTS) is 2. The summed E-state index contributed by atoms with van der Waals surface area (Å²) >= 11 is 0. The van der Waals surface area contributed by atoms with Crippen LogP contribution in [-0.2, 0) is 16.0 Å². The second kappa shape index (κ2) is 5.89. The van der Waals surface area contributed by atoms with Gasteiger partial charge in [-0.25, -0.2) is 0 Å². The maximum atomic E-state index is 11.0. The quantitative estimate of drug-likeness (QED) is 0.649. The summed E-state index contributed by atoms with van der Waals surface area (Å²) in [6.07, 6.45) is 0.323. The monoisotopic (exact) mass is 237 g/mol. The minimum atomic E-state index is -0.978. The van der Waals surface area contributed by atoms with E-state index in [1.54, 1.807) is 24.3 Å². The minimum absolute atomic E-state index is 0.133. The number of aliphatic carboxylic acids is 2. The SMILES string of the molecule is Nc1ccc(CC(CCC(=O)O)C(=O)O)cc1. The number of anilines is 1. The van der Waals surface area contributed by atoms with Gasteiger partial charge in [-0.05, 0) is 30.5 Å². The van der Waals surface area contributed by atoms with Gasteiger partial charge < -0.3 is 15.9 Å². The Morgan fingerprint density at radius 3 is 2.24 bits per heavy atom. The van der Waals surface area contributed by atoms with Gasteiger partial charge in [0.25, 0.3) is 0 Å². The zero-order valence-electron chi connectivity index (χ0n) is 9.30. The highest BCUT2D eigenvalue weighted by molar-refractivity contribution is 5.72. The average molecular weight is 237 g/mol. The first-order chi connectivity index (χ1) is 7.99. The fourth-order valence-electron chi connectivity index (χ4n) is 1.55. The molecule has 5 heteroatoms. The van der Waals surface area contributed by atoms with Crippen molar-refractivity contribution in [3.8, 4) is 0 Å². The van der Waals surface area contributed by atoms with Crippen LogP contribution in [0.15, 0.2) is 24.3 Å². The highest BCUT2D eigenvalue weighted by Gasteiger charge is 2.19. The lowest BCUT2D eigenvalue weighted by Crippen LogP contribution is -2.17. The van der Waals surface area contributed by atoms with Crippen molar-refractivity contribution in [1.29, 1.82) is 0 Å². The molecule has 0 saturated heterocycles. The van der Waals surface area contributed by atoms with Crippen molar-refractivity contribution < 1.29 is 19.8 Å². The predicted molar refractivity (Wildman–Crippen MR) is 62.6 cm³/mol. The molecule has 0 bridgehead atoms. The van der Waals surface area contributed by atoms with Crippen LogP contribution < -0.4 is 5.73 Å². The highest BCUT2D eigenvalue weighted by Crippen LogP contribution is 2.16. The van der Waals surface area contributed by atoms with Crippen LogP contribution >= 0.6 is 0 Å². The van der Waals surface area contributed by atoms with Crippen molar-refractivity contribution in [3.05, 3.63) is 29.8 Å². The Morgan fingerprint density at radius 1 is 1.18 bits per heavy atom. The second-order valence-corrected chi connectivity index (χ2v) is 3.91. The van der Waals surface area contributed by atoms with E-state index in [1.165, 1.54) is 0 Å². The van der Waals surface area contributed by atoms with E-state index in [9.17, 15) is 9.59 Å². The van der Waals surface area contributed by atoms with Crippen LogP contribution in [0.5, 0.6) is 0 Å². The third kappa shape index (κ3) is 4.55. The van der Waals surface area contributed by atoms with Crippen LogP contribution in [0, 0.1) is 5.92 Å². The molecule has 1 rings (SSSR count). The Morgan fingerprint density at radius 2 is 1.76 bits per heavy atom. The number of nitrogens with two attached hydrogens (primary N) is 1. The van der Waals surface area contributed by atoms with Crippen molar-refractivity contribution >= 4 is 17.6 Å². The van der Waals surface area contributed by atoms with Gasteiger partial charge in [0, 0.05) is 12.1 Å². The normalized spacial score (nSPS) is 12.0. The van der Waals surface area contributed by atoms with Crippen LogP contribution in [0.2, 0.25) is 0 Å². The molecular formula is C12H15NO4. The van der Waals surface area contributed by atoms with E-state index in [2.05, 4.69) is 0 Å². The molecular weight excluding hydrogens is 222 g/mol. The summed E-state index contributed by atoms with van der Waals surface area (Å²) in [5.41, 5.74) is 6.98. The van der Waals surface area contributed by atoms with Gasteiger partial charge in [-0.2, -0.15) is 0 Å². The Balaban J connectivity index is 2.63. The maximum absolute atomic E-state index is 11.0. The van der Waals surface area contributed by atoms with Crippen molar-refractivity contribution in [2.45, 2.75) is 19.3 Å². The Labute approximate surface area is 98.9 Å². The number of carboxylic acids is 2. The van der Waals surface area contributed by atoms with Crippen LogP contribution in [0.1, 0.15) is 18.4 Å². The molecule has 0 aromatic heterocycles. The fraction of sp³-hybridized carbons (Fsp3) is 0.333. The molecule has 0 aliphatic heterocycles. The van der Waals surface area contributed by atoms with E-state index in [0.717, 1.165) is 5.56 Å². The average Bonchev–Trinajstić information content (AvgIpc) is 2.26. The molecule has 0 aliphatic rings. The lowest BCUT2D eigenvalue weighted by molar-refractivity contribution is -0.142. The lowest BCUT2D eigenvalue weighted by Gasteiger charge is -2.11. The summed E-state index contributed by atoms with van der Waals surface area (Å²) in [7, 11) is 0. The first-order valence-electron chi connectivity index (χ1n) is 5.28. The standard InChI is InChI=1S/C12H15NO4/c13-10-4-1-8(2-5-10)7-9(12(16)17)3-6-11(14)15/h1-2,4-5,9H,3,6-7,13H2,(H,14,15)(H,16,17). The topological polar surface area (TPSA) is 101 Å². The van der Waals surface area contributed by atoms with Crippen LogP contribution in [0.3, 0.4) is 0 Å². The van der Waals surface area contributed by atoms with E-state index in [-0.39, 0.29) is 12.8 Å². The van der Waals surface area contributed by atoms with Gasteiger partial charge in [-0.3, -0.25) is 9.59 Å². The number of hydrogen-bond donors (Lipinski definition) is 3. The van der Waals surface area contributed by atoms with Crippen LogP contribution in [0.25, 0.3) is 0 Å². The predicted octanol–water partition coefficient (Wildman–Crippen LogP) is 1.38. The molecule has 0 saturated carbocycles. The van der Waals surface area contributed by atoms with Crippen LogP contribution in [-0.4, -0.2) is 22.2 Å². The molecule has 0 spiro atoms. The van der Waals surface area contributed by atoms with E-state index in [4.69, 9.17) is 15.9 Å². The first kappa shape index (κ1) is 13.0. The maximum Gasteiger partial charge on any atom is 0.306 e. The molecule has 1 atom stereocenters. The first-order valence-corrected chi connectivity index (χ1v) is 5.28. The van der Waals surface area contributed by atoms with Crippen molar-refractivity contribution in [3.63, 3.8) is 0 Å². The molecule has 1 unspecified atom stereocenters. The summed E-state index contributed by atoms with van der Waals surface area (Å²) in [6.45, 7) is 0. The van der Waals surface area contributed by atoms with Gasteiger partial charge in [-0.15, -0.1) is 0 Å². The zero-order chi connectivity index (χ0) is 12.8. The van der Waals surface area contributed by atoms with E-state index >= 15 is 0 Å². The Kier molecular flexibility index (Phi) is 4.51. The van der Waals surface area contributed by atoms with Crippen LogP contribution in [0.4, 0.5) is 5.69 Å². The Bertz CT molecular complexity index is 399. The molecule has 4 N–H and O–H groups in total. The van der Waals surface area contributed by atoms with Gasteiger partial charge in [0.1, 0.15) is 0 Å². The molecule has 1 aromatic carbocycles. The van der Waals surface area contributed by atoms with Gasteiger partial charge in [0.2, 0.25) is 0 Å². The van der Waals surface area contributed by atoms with E-state index in [0.29, 0.717) is 12.1 Å². The van der Waals surface area contributed by atoms with Gasteiger partial charge in [0.15, 0.2) is 0 Å². The molecule has 17 heavy (non-hydrogen) atoms. The second-order valence-electron chi connectivity index (χ2n) is 3.91. The molecule has 92 valence electrons. The summed E-state index contributed by atoms with van der Waals surface area (Å²) < 4.78 is 0. The summed E-state index contributed by atoms with van der Waals surface area (Å²) in [5, 5.41) is 17.5. The highest BCUT2D eigenvalue weighted by atomic mass is 16.4. The summed E-state index contributed by atoms with van der Waals surface area (Å²) in [5.74, 6) is -2.62. The molecule has 0 amide bonds. The third-order valence-electron chi connectivity index (χ3n) is 2.52. The molecule has 5 nitrogen and oxygen atoms in total. The van der Waals surface area contributed by atoms with Gasteiger partial charge in [0.05, 0.1) is 5.92 Å². The lowest BCUT2D eigenvalue weighted by atomic mass is 9.95. The fourth-order valence-corrected chi connectivity index (χ4v) is 1.55. The minimum Gasteiger partial charge on any atom is -0.481 e. The number of rotatable bonds is 6.